The first-order valence-electron chi connectivity index (χ1n) is 9.17. The van der Waals surface area contributed by atoms with Crippen LogP contribution in [0.4, 0.5) is 5.69 Å². The largest absolute Gasteiger partial charge is 0.478 e. The first kappa shape index (κ1) is 20.6. The third-order valence-corrected chi connectivity index (χ3v) is 4.12. The number of benzene rings is 3. The lowest BCUT2D eigenvalue weighted by atomic mass is 10.1. The summed E-state index contributed by atoms with van der Waals surface area (Å²) in [6.07, 6.45) is 0. The van der Waals surface area contributed by atoms with Crippen LogP contribution in [0.1, 0.15) is 38.0 Å². The lowest BCUT2D eigenvalue weighted by Crippen LogP contribution is -2.13. The highest BCUT2D eigenvalue weighted by Crippen LogP contribution is 2.31. The van der Waals surface area contributed by atoms with Gasteiger partial charge in [0.2, 0.25) is 0 Å². The molecule has 30 heavy (non-hydrogen) atoms. The zero-order valence-corrected chi connectivity index (χ0v) is 16.1. The van der Waals surface area contributed by atoms with Crippen molar-refractivity contribution in [3.8, 4) is 11.5 Å². The fraction of sp³-hybridized carbons (Fsp3) is 0.0870. The molecule has 0 saturated carbocycles. The lowest BCUT2D eigenvalue weighted by Gasteiger charge is -2.13. The number of carboxylic acids is 1. The Morgan fingerprint density at radius 3 is 2.30 bits per heavy atom. The van der Waals surface area contributed by atoms with Crippen LogP contribution in [-0.2, 0) is 4.74 Å². The maximum atomic E-state index is 12.4. The van der Waals surface area contributed by atoms with Crippen molar-refractivity contribution in [1.82, 2.24) is 0 Å². The number of carbonyl (C=O) groups excluding carboxylic acids is 2. The average molecular weight is 405 g/mol. The Labute approximate surface area is 172 Å². The highest BCUT2D eigenvalue weighted by Gasteiger charge is 2.19. The number of rotatable bonds is 7. The van der Waals surface area contributed by atoms with Gasteiger partial charge in [-0.2, -0.15) is 0 Å². The molecule has 0 heterocycles. The summed E-state index contributed by atoms with van der Waals surface area (Å²) in [5, 5.41) is 12.2. The highest BCUT2D eigenvalue weighted by molar-refractivity contribution is 6.05. The minimum absolute atomic E-state index is 0.0673. The van der Waals surface area contributed by atoms with Crippen molar-refractivity contribution in [2.45, 2.75) is 6.92 Å². The Morgan fingerprint density at radius 2 is 1.60 bits per heavy atom. The van der Waals surface area contributed by atoms with Crippen LogP contribution in [-0.4, -0.2) is 29.6 Å². The van der Waals surface area contributed by atoms with E-state index in [1.165, 1.54) is 18.2 Å². The van der Waals surface area contributed by atoms with Crippen LogP contribution in [0.3, 0.4) is 0 Å². The molecule has 0 unspecified atom stereocenters. The van der Waals surface area contributed by atoms with E-state index in [2.05, 4.69) is 5.32 Å². The second-order valence-corrected chi connectivity index (χ2v) is 6.15. The molecule has 0 atom stereocenters. The predicted octanol–water partition coefficient (Wildman–Crippen LogP) is 4.61. The molecule has 3 aromatic carbocycles. The second-order valence-electron chi connectivity index (χ2n) is 6.15. The third kappa shape index (κ3) is 4.82. The van der Waals surface area contributed by atoms with Gasteiger partial charge in [-0.15, -0.1) is 0 Å². The number of aromatic carboxylic acids is 1. The Balaban J connectivity index is 1.86. The number of hydrogen-bond donors (Lipinski definition) is 2. The van der Waals surface area contributed by atoms with Crippen LogP contribution in [0.5, 0.6) is 11.5 Å². The molecule has 1 amide bonds. The fourth-order valence-electron chi connectivity index (χ4n) is 2.72. The quantitative estimate of drug-likeness (QED) is 0.557. The molecule has 0 aliphatic carbocycles. The van der Waals surface area contributed by atoms with Crippen LogP contribution < -0.4 is 10.1 Å². The number of anilines is 1. The van der Waals surface area contributed by atoms with Gasteiger partial charge in [0.15, 0.2) is 5.75 Å². The summed E-state index contributed by atoms with van der Waals surface area (Å²) in [6, 6.07) is 19.5. The first-order valence-corrected chi connectivity index (χ1v) is 9.17. The van der Waals surface area contributed by atoms with Crippen LogP contribution in [0, 0.1) is 0 Å². The summed E-state index contributed by atoms with van der Waals surface area (Å²) in [7, 11) is 0. The van der Waals surface area contributed by atoms with E-state index in [1.807, 2.05) is 6.07 Å². The summed E-state index contributed by atoms with van der Waals surface area (Å²) in [5.41, 5.74) is 0.594. The van der Waals surface area contributed by atoms with E-state index in [-0.39, 0.29) is 29.4 Å². The van der Waals surface area contributed by atoms with Gasteiger partial charge in [-0.3, -0.25) is 4.79 Å². The third-order valence-electron chi connectivity index (χ3n) is 4.12. The smallest absolute Gasteiger partial charge is 0.339 e. The van der Waals surface area contributed by atoms with E-state index in [0.717, 1.165) is 0 Å². The molecule has 0 radical (unpaired) electrons. The Hall–Kier alpha value is -4.13. The van der Waals surface area contributed by atoms with Crippen LogP contribution in [0.2, 0.25) is 0 Å². The zero-order valence-electron chi connectivity index (χ0n) is 16.1. The highest BCUT2D eigenvalue weighted by atomic mass is 16.5. The molecule has 0 aliphatic rings. The second kappa shape index (κ2) is 9.38. The summed E-state index contributed by atoms with van der Waals surface area (Å²) >= 11 is 0. The van der Waals surface area contributed by atoms with E-state index in [4.69, 9.17) is 9.47 Å². The maximum Gasteiger partial charge on any atom is 0.339 e. The molecule has 0 aliphatic heterocycles. The number of nitrogens with one attached hydrogen (secondary N) is 1. The molecule has 0 fully saturated rings. The molecule has 0 saturated heterocycles. The molecule has 3 rings (SSSR count). The molecule has 7 heteroatoms. The monoisotopic (exact) mass is 405 g/mol. The van der Waals surface area contributed by atoms with Crippen molar-refractivity contribution >= 4 is 23.5 Å². The minimum atomic E-state index is -1.28. The van der Waals surface area contributed by atoms with Crippen LogP contribution >= 0.6 is 0 Å². The number of carboxylic acid groups (broad SMARTS) is 1. The van der Waals surface area contributed by atoms with Crippen molar-refractivity contribution < 1.29 is 29.0 Å². The van der Waals surface area contributed by atoms with Gasteiger partial charge in [-0.05, 0) is 49.4 Å². The molecule has 7 nitrogen and oxygen atoms in total. The lowest BCUT2D eigenvalue weighted by molar-refractivity contribution is 0.0514. The molecular weight excluding hydrogens is 386 g/mol. The Bertz CT molecular complexity index is 1080. The Kier molecular flexibility index (Phi) is 6.44. The van der Waals surface area contributed by atoms with E-state index in [1.54, 1.807) is 55.5 Å². The number of carbonyl (C=O) groups is 3. The van der Waals surface area contributed by atoms with Gasteiger partial charge in [0.1, 0.15) is 5.75 Å². The zero-order chi connectivity index (χ0) is 21.5. The van der Waals surface area contributed by atoms with Gasteiger partial charge in [0.25, 0.3) is 5.91 Å². The van der Waals surface area contributed by atoms with Crippen molar-refractivity contribution in [1.29, 1.82) is 0 Å². The molecule has 2 N–H and O–H groups in total. The summed E-state index contributed by atoms with van der Waals surface area (Å²) in [4.78, 5) is 36.0. The minimum Gasteiger partial charge on any atom is -0.478 e. The van der Waals surface area contributed by atoms with Crippen molar-refractivity contribution in [3.63, 3.8) is 0 Å². The van der Waals surface area contributed by atoms with Gasteiger partial charge in [-0.1, -0.05) is 30.3 Å². The number of hydrogen-bond acceptors (Lipinski definition) is 5. The first-order chi connectivity index (χ1) is 14.5. The standard InChI is InChI=1S/C23H19NO6/c1-2-29-23(28)17-13-12-16(14-18(17)22(26)27)30-20-11-7-6-10-19(20)24-21(25)15-8-4-3-5-9-15/h3-14H,2H2,1H3,(H,24,25)(H,26,27). The van der Waals surface area contributed by atoms with E-state index >= 15 is 0 Å². The van der Waals surface area contributed by atoms with Crippen LogP contribution in [0.15, 0.2) is 72.8 Å². The molecule has 0 aromatic heterocycles. The summed E-state index contributed by atoms with van der Waals surface area (Å²) in [6.45, 7) is 1.77. The fourth-order valence-corrected chi connectivity index (χ4v) is 2.72. The van der Waals surface area contributed by atoms with Crippen molar-refractivity contribution in [2.75, 3.05) is 11.9 Å². The summed E-state index contributed by atoms with van der Waals surface area (Å²) < 4.78 is 10.7. The maximum absolute atomic E-state index is 12.4. The molecule has 3 aromatic rings. The van der Waals surface area contributed by atoms with E-state index in [0.29, 0.717) is 17.0 Å². The predicted molar refractivity (Wildman–Crippen MR) is 110 cm³/mol. The normalized spacial score (nSPS) is 10.2. The number of esters is 1. The van der Waals surface area contributed by atoms with E-state index < -0.39 is 11.9 Å². The molecular formula is C23H19NO6. The van der Waals surface area contributed by atoms with Gasteiger partial charge >= 0.3 is 11.9 Å². The van der Waals surface area contributed by atoms with Crippen molar-refractivity contribution in [3.05, 3.63) is 89.5 Å². The van der Waals surface area contributed by atoms with Gasteiger partial charge < -0.3 is 19.9 Å². The van der Waals surface area contributed by atoms with Crippen molar-refractivity contribution in [2.24, 2.45) is 0 Å². The van der Waals surface area contributed by atoms with E-state index in [9.17, 15) is 19.5 Å². The molecule has 0 bridgehead atoms. The summed E-state index contributed by atoms with van der Waals surface area (Å²) in [5.74, 6) is -1.80. The average Bonchev–Trinajstić information content (AvgIpc) is 2.75. The topological polar surface area (TPSA) is 102 Å². The number of para-hydroxylation sites is 2. The van der Waals surface area contributed by atoms with Gasteiger partial charge in [-0.25, -0.2) is 9.59 Å². The Morgan fingerprint density at radius 1 is 0.900 bits per heavy atom. The number of amides is 1. The molecule has 152 valence electrons. The van der Waals surface area contributed by atoms with Crippen LogP contribution in [0.25, 0.3) is 0 Å². The van der Waals surface area contributed by atoms with Gasteiger partial charge in [0.05, 0.1) is 23.4 Å². The molecule has 0 spiro atoms. The van der Waals surface area contributed by atoms with Gasteiger partial charge in [0, 0.05) is 5.56 Å². The SMILES string of the molecule is CCOC(=O)c1ccc(Oc2ccccc2NC(=O)c2ccccc2)cc1C(=O)O. The number of ether oxygens (including phenoxy) is 2.